The second-order valence-corrected chi connectivity index (χ2v) is 6.60. The van der Waals surface area contributed by atoms with Gasteiger partial charge in [-0.25, -0.2) is 0 Å². The molecule has 0 bridgehead atoms. The van der Waals surface area contributed by atoms with Crippen molar-refractivity contribution in [3.05, 3.63) is 29.3 Å². The fourth-order valence-corrected chi connectivity index (χ4v) is 3.89. The molecule has 1 saturated carbocycles. The molecule has 2 aliphatic rings. The monoisotopic (exact) mass is 286 g/mol. The van der Waals surface area contributed by atoms with Crippen LogP contribution in [0.4, 0.5) is 5.69 Å². The minimum atomic E-state index is 0.246. The number of carbonyl (C=O) groups is 1. The predicted molar refractivity (Wildman–Crippen MR) is 86.4 cm³/mol. The molecular weight excluding hydrogens is 260 g/mol. The molecule has 1 amide bonds. The van der Waals surface area contributed by atoms with E-state index in [1.54, 1.807) is 0 Å². The summed E-state index contributed by atoms with van der Waals surface area (Å²) in [4.78, 5) is 15.0. The molecule has 0 spiro atoms. The zero-order valence-corrected chi connectivity index (χ0v) is 13.0. The summed E-state index contributed by atoms with van der Waals surface area (Å²) >= 11 is 0. The molecule has 0 saturated heterocycles. The van der Waals surface area contributed by atoms with Gasteiger partial charge in [0.1, 0.15) is 0 Å². The van der Waals surface area contributed by atoms with Crippen molar-refractivity contribution in [1.29, 1.82) is 0 Å². The average molecular weight is 286 g/mol. The molecule has 1 aromatic carbocycles. The highest BCUT2D eigenvalue weighted by atomic mass is 16.2. The number of rotatable bonds is 3. The van der Waals surface area contributed by atoms with Gasteiger partial charge in [-0.1, -0.05) is 31.4 Å². The second kappa shape index (κ2) is 6.18. The van der Waals surface area contributed by atoms with Crippen molar-refractivity contribution in [2.45, 2.75) is 57.9 Å². The third-order valence-corrected chi connectivity index (χ3v) is 4.98. The van der Waals surface area contributed by atoms with Crippen molar-refractivity contribution < 1.29 is 4.79 Å². The molecule has 1 aliphatic carbocycles. The highest BCUT2D eigenvalue weighted by Crippen LogP contribution is 2.36. The van der Waals surface area contributed by atoms with Gasteiger partial charge >= 0.3 is 0 Å². The van der Waals surface area contributed by atoms with Crippen LogP contribution in [0.5, 0.6) is 0 Å². The summed E-state index contributed by atoms with van der Waals surface area (Å²) in [6.45, 7) is 2.85. The summed E-state index contributed by atoms with van der Waals surface area (Å²) < 4.78 is 0. The van der Waals surface area contributed by atoms with Crippen LogP contribution in [0.2, 0.25) is 0 Å². The van der Waals surface area contributed by atoms with Crippen molar-refractivity contribution in [3.63, 3.8) is 0 Å². The van der Waals surface area contributed by atoms with Crippen molar-refractivity contribution in [3.8, 4) is 0 Å². The molecule has 21 heavy (non-hydrogen) atoms. The molecule has 1 atom stereocenters. The van der Waals surface area contributed by atoms with Crippen molar-refractivity contribution in [2.24, 2.45) is 11.7 Å². The van der Waals surface area contributed by atoms with E-state index in [1.165, 1.54) is 30.4 Å². The van der Waals surface area contributed by atoms with Crippen LogP contribution in [-0.2, 0) is 17.6 Å². The Morgan fingerprint density at radius 3 is 2.76 bits per heavy atom. The molecular formula is C18H26N2O. The standard InChI is InChI=1S/C18H26N2O/c1-13-11-16-12-14(9-10-19)7-8-17(16)20(13)18(21)15-5-3-2-4-6-15/h7-8,12-13,15H,2-6,9-11,19H2,1H3. The molecule has 1 unspecified atom stereocenters. The third-order valence-electron chi connectivity index (χ3n) is 4.98. The van der Waals surface area contributed by atoms with Crippen LogP contribution in [0.3, 0.4) is 0 Å². The molecule has 1 aromatic rings. The van der Waals surface area contributed by atoms with E-state index >= 15 is 0 Å². The van der Waals surface area contributed by atoms with E-state index in [0.717, 1.165) is 31.4 Å². The summed E-state index contributed by atoms with van der Waals surface area (Å²) in [5, 5.41) is 0. The van der Waals surface area contributed by atoms with Crippen LogP contribution in [0.1, 0.15) is 50.2 Å². The van der Waals surface area contributed by atoms with Gasteiger partial charge in [-0.15, -0.1) is 0 Å². The summed E-state index contributed by atoms with van der Waals surface area (Å²) in [5.41, 5.74) is 9.38. The van der Waals surface area contributed by atoms with Gasteiger partial charge in [0.2, 0.25) is 5.91 Å². The maximum Gasteiger partial charge on any atom is 0.230 e. The Kier molecular flexibility index (Phi) is 4.29. The van der Waals surface area contributed by atoms with Crippen LogP contribution in [0.15, 0.2) is 18.2 Å². The highest BCUT2D eigenvalue weighted by Gasteiger charge is 2.35. The van der Waals surface area contributed by atoms with Gasteiger partial charge < -0.3 is 10.6 Å². The largest absolute Gasteiger partial charge is 0.330 e. The van der Waals surface area contributed by atoms with E-state index in [1.807, 2.05) is 0 Å². The molecule has 1 fully saturated rings. The molecule has 3 nitrogen and oxygen atoms in total. The Balaban J connectivity index is 1.82. The van der Waals surface area contributed by atoms with E-state index < -0.39 is 0 Å². The van der Waals surface area contributed by atoms with E-state index in [4.69, 9.17) is 5.73 Å². The van der Waals surface area contributed by atoms with Crippen LogP contribution in [0, 0.1) is 5.92 Å². The first-order chi connectivity index (χ1) is 10.2. The summed E-state index contributed by atoms with van der Waals surface area (Å²) in [6, 6.07) is 6.80. The van der Waals surface area contributed by atoms with Crippen LogP contribution in [-0.4, -0.2) is 18.5 Å². The van der Waals surface area contributed by atoms with Crippen molar-refractivity contribution >= 4 is 11.6 Å². The normalized spacial score (nSPS) is 22.4. The third kappa shape index (κ3) is 2.84. The van der Waals surface area contributed by atoms with Crippen LogP contribution in [0.25, 0.3) is 0 Å². The topological polar surface area (TPSA) is 46.3 Å². The molecule has 3 rings (SSSR count). The number of hydrogen-bond acceptors (Lipinski definition) is 2. The number of nitrogens with zero attached hydrogens (tertiary/aromatic N) is 1. The number of carbonyl (C=O) groups excluding carboxylic acids is 1. The Bertz CT molecular complexity index is 520. The summed E-state index contributed by atoms with van der Waals surface area (Å²) in [6.07, 6.45) is 7.75. The number of amides is 1. The average Bonchev–Trinajstić information content (AvgIpc) is 2.83. The molecule has 0 aromatic heterocycles. The molecule has 114 valence electrons. The van der Waals surface area contributed by atoms with Gasteiger partial charge in [-0.3, -0.25) is 4.79 Å². The maximum absolute atomic E-state index is 12.9. The summed E-state index contributed by atoms with van der Waals surface area (Å²) in [5.74, 6) is 0.600. The number of nitrogens with two attached hydrogens (primary N) is 1. The second-order valence-electron chi connectivity index (χ2n) is 6.60. The highest BCUT2D eigenvalue weighted by molar-refractivity contribution is 5.97. The van der Waals surface area contributed by atoms with E-state index in [2.05, 4.69) is 30.0 Å². The van der Waals surface area contributed by atoms with Crippen molar-refractivity contribution in [2.75, 3.05) is 11.4 Å². The van der Waals surface area contributed by atoms with Gasteiger partial charge in [0.25, 0.3) is 0 Å². The van der Waals surface area contributed by atoms with Gasteiger partial charge in [0, 0.05) is 17.6 Å². The summed E-state index contributed by atoms with van der Waals surface area (Å²) in [7, 11) is 0. The van der Waals surface area contributed by atoms with Crippen LogP contribution >= 0.6 is 0 Å². The Morgan fingerprint density at radius 2 is 2.05 bits per heavy atom. The van der Waals surface area contributed by atoms with Gasteiger partial charge in [-0.05, 0) is 56.3 Å². The van der Waals surface area contributed by atoms with Gasteiger partial charge in [-0.2, -0.15) is 0 Å². The van der Waals surface area contributed by atoms with E-state index in [-0.39, 0.29) is 5.92 Å². The fraction of sp³-hybridized carbons (Fsp3) is 0.611. The molecule has 2 N–H and O–H groups in total. The SMILES string of the molecule is CC1Cc2cc(CCN)ccc2N1C(=O)C1CCCCC1. The quantitative estimate of drug-likeness (QED) is 0.928. The Morgan fingerprint density at radius 1 is 1.29 bits per heavy atom. The Labute approximate surface area is 127 Å². The predicted octanol–water partition coefficient (Wildman–Crippen LogP) is 3.05. The minimum Gasteiger partial charge on any atom is -0.330 e. The van der Waals surface area contributed by atoms with E-state index in [9.17, 15) is 4.79 Å². The minimum absolute atomic E-state index is 0.246. The molecule has 3 heteroatoms. The maximum atomic E-state index is 12.9. The zero-order chi connectivity index (χ0) is 14.8. The number of hydrogen-bond donors (Lipinski definition) is 1. The van der Waals surface area contributed by atoms with Gasteiger partial charge in [0.15, 0.2) is 0 Å². The first-order valence-corrected chi connectivity index (χ1v) is 8.35. The number of anilines is 1. The van der Waals surface area contributed by atoms with Crippen molar-refractivity contribution in [1.82, 2.24) is 0 Å². The smallest absolute Gasteiger partial charge is 0.230 e. The molecule has 1 aliphatic heterocycles. The molecule has 1 heterocycles. The van der Waals surface area contributed by atoms with Crippen LogP contribution < -0.4 is 10.6 Å². The lowest BCUT2D eigenvalue weighted by molar-refractivity contribution is -0.123. The first kappa shape index (κ1) is 14.6. The lowest BCUT2D eigenvalue weighted by Crippen LogP contribution is -2.40. The number of fused-ring (bicyclic) bond motifs is 1. The lowest BCUT2D eigenvalue weighted by atomic mass is 9.88. The van der Waals surface area contributed by atoms with Gasteiger partial charge in [0.05, 0.1) is 0 Å². The lowest BCUT2D eigenvalue weighted by Gasteiger charge is -2.29. The fourth-order valence-electron chi connectivity index (χ4n) is 3.89. The Hall–Kier alpha value is -1.35. The molecule has 0 radical (unpaired) electrons. The first-order valence-electron chi connectivity index (χ1n) is 8.35. The zero-order valence-electron chi connectivity index (χ0n) is 13.0. The number of benzene rings is 1. The van der Waals surface area contributed by atoms with E-state index in [0.29, 0.717) is 18.5 Å².